The number of anilines is 1. The number of hydrogen-bond donors (Lipinski definition) is 1. The van der Waals surface area contributed by atoms with Crippen molar-refractivity contribution in [1.82, 2.24) is 0 Å². The summed E-state index contributed by atoms with van der Waals surface area (Å²) in [5.41, 5.74) is -0.167. The molecule has 0 atom stereocenters. The van der Waals surface area contributed by atoms with Gasteiger partial charge in [0.25, 0.3) is 0 Å². The number of nitrogens with one attached hydrogen (secondary N) is 1. The molecule has 0 unspecified atom stereocenters. The van der Waals surface area contributed by atoms with Crippen molar-refractivity contribution in [2.24, 2.45) is 0 Å². The number of benzene rings is 2. The summed E-state index contributed by atoms with van der Waals surface area (Å²) < 4.78 is 66.9. The Labute approximate surface area is 137 Å². The number of alkyl halides is 3. The molecule has 0 fully saturated rings. The van der Waals surface area contributed by atoms with Crippen LogP contribution in [0.5, 0.6) is 5.75 Å². The average Bonchev–Trinajstić information content (AvgIpc) is 2.47. The summed E-state index contributed by atoms with van der Waals surface area (Å²) in [6, 6.07) is 7.91. The van der Waals surface area contributed by atoms with Crippen LogP contribution < -0.4 is 10.1 Å². The number of rotatable bonds is 5. The zero-order chi connectivity index (χ0) is 17.7. The summed E-state index contributed by atoms with van der Waals surface area (Å²) in [6.45, 7) is 0. The van der Waals surface area contributed by atoms with E-state index in [-0.39, 0.29) is 16.3 Å². The van der Waals surface area contributed by atoms with Gasteiger partial charge in [0.15, 0.2) is 5.75 Å². The van der Waals surface area contributed by atoms with Gasteiger partial charge in [0.05, 0.1) is 11.4 Å². The molecular formula is C15H10F5NO2S. The summed E-state index contributed by atoms with van der Waals surface area (Å²) in [5, 5.41) is 2.25. The van der Waals surface area contributed by atoms with Gasteiger partial charge >= 0.3 is 6.36 Å². The Hall–Kier alpha value is -2.29. The normalized spacial score (nSPS) is 11.2. The van der Waals surface area contributed by atoms with E-state index in [1.807, 2.05) is 0 Å². The molecule has 0 aromatic heterocycles. The molecule has 3 nitrogen and oxygen atoms in total. The number of carbonyl (C=O) groups is 1. The molecule has 0 saturated heterocycles. The van der Waals surface area contributed by atoms with Gasteiger partial charge in [-0.1, -0.05) is 12.1 Å². The first-order valence-electron chi connectivity index (χ1n) is 6.47. The summed E-state index contributed by atoms with van der Waals surface area (Å²) in [7, 11) is 0. The number of carbonyl (C=O) groups excluding carboxylic acids is 1. The molecule has 0 aliphatic carbocycles. The van der Waals surface area contributed by atoms with E-state index in [0.29, 0.717) is 6.07 Å². The molecule has 0 aliphatic rings. The van der Waals surface area contributed by atoms with Gasteiger partial charge in [-0.05, 0) is 24.3 Å². The smallest absolute Gasteiger partial charge is 0.404 e. The Bertz CT molecular complexity index is 736. The highest BCUT2D eigenvalue weighted by Gasteiger charge is 2.32. The molecular weight excluding hydrogens is 353 g/mol. The van der Waals surface area contributed by atoms with Gasteiger partial charge in [-0.2, -0.15) is 0 Å². The molecule has 1 N–H and O–H groups in total. The van der Waals surface area contributed by atoms with Crippen LogP contribution in [0.25, 0.3) is 0 Å². The van der Waals surface area contributed by atoms with Gasteiger partial charge in [-0.25, -0.2) is 8.78 Å². The van der Waals surface area contributed by atoms with Crippen molar-refractivity contribution in [3.63, 3.8) is 0 Å². The van der Waals surface area contributed by atoms with Crippen molar-refractivity contribution >= 4 is 23.4 Å². The lowest BCUT2D eigenvalue weighted by Crippen LogP contribution is -2.20. The van der Waals surface area contributed by atoms with E-state index in [4.69, 9.17) is 0 Å². The predicted octanol–water partition coefficient (Wildman–Crippen LogP) is 4.59. The van der Waals surface area contributed by atoms with Crippen LogP contribution in [-0.2, 0) is 4.79 Å². The summed E-state index contributed by atoms with van der Waals surface area (Å²) >= 11 is 0.785. The van der Waals surface area contributed by atoms with Crippen molar-refractivity contribution in [3.05, 3.63) is 54.1 Å². The third-order valence-electron chi connectivity index (χ3n) is 2.64. The maximum absolute atomic E-state index is 13.4. The first kappa shape index (κ1) is 18.1. The van der Waals surface area contributed by atoms with E-state index in [9.17, 15) is 26.7 Å². The Morgan fingerprint density at radius 3 is 2.50 bits per heavy atom. The van der Waals surface area contributed by atoms with Crippen molar-refractivity contribution in [2.75, 3.05) is 11.1 Å². The van der Waals surface area contributed by atoms with Crippen LogP contribution in [0, 0.1) is 11.6 Å². The van der Waals surface area contributed by atoms with Gasteiger partial charge < -0.3 is 10.1 Å². The Morgan fingerprint density at radius 2 is 1.83 bits per heavy atom. The van der Waals surface area contributed by atoms with Crippen molar-refractivity contribution < 1.29 is 31.5 Å². The first-order valence-corrected chi connectivity index (χ1v) is 7.45. The maximum atomic E-state index is 13.4. The van der Waals surface area contributed by atoms with Crippen molar-refractivity contribution in [1.29, 1.82) is 0 Å². The topological polar surface area (TPSA) is 38.3 Å². The molecule has 2 rings (SSSR count). The largest absolute Gasteiger partial charge is 0.573 e. The molecule has 2 aromatic carbocycles. The minimum Gasteiger partial charge on any atom is -0.404 e. The Balaban J connectivity index is 2.00. The van der Waals surface area contributed by atoms with Gasteiger partial charge in [0.1, 0.15) is 11.6 Å². The summed E-state index contributed by atoms with van der Waals surface area (Å²) in [5.74, 6) is -3.07. The number of hydrogen-bond acceptors (Lipinski definition) is 3. The molecule has 0 bridgehead atoms. The fourth-order valence-electron chi connectivity index (χ4n) is 1.71. The lowest BCUT2D eigenvalue weighted by molar-refractivity contribution is -0.274. The van der Waals surface area contributed by atoms with Gasteiger partial charge in [-0.3, -0.25) is 4.79 Å². The minimum absolute atomic E-state index is 0.0476. The predicted molar refractivity (Wildman–Crippen MR) is 78.8 cm³/mol. The van der Waals surface area contributed by atoms with Gasteiger partial charge in [0, 0.05) is 11.0 Å². The van der Waals surface area contributed by atoms with E-state index >= 15 is 0 Å². The second kappa shape index (κ2) is 7.52. The lowest BCUT2D eigenvalue weighted by atomic mass is 10.3. The SMILES string of the molecule is O=C(CSc1ccc(F)cc1F)Nc1ccccc1OC(F)(F)F. The van der Waals surface area contributed by atoms with Crippen LogP contribution in [0.3, 0.4) is 0 Å². The van der Waals surface area contributed by atoms with E-state index in [0.717, 1.165) is 23.9 Å². The molecule has 24 heavy (non-hydrogen) atoms. The van der Waals surface area contributed by atoms with Gasteiger partial charge in [-0.15, -0.1) is 24.9 Å². The molecule has 0 aliphatic heterocycles. The fraction of sp³-hybridized carbons (Fsp3) is 0.133. The van der Waals surface area contributed by atoms with E-state index in [1.165, 1.54) is 24.3 Å². The third-order valence-corrected chi connectivity index (χ3v) is 3.69. The number of halogens is 5. The second-order valence-electron chi connectivity index (χ2n) is 4.46. The van der Waals surface area contributed by atoms with Crippen LogP contribution in [0.4, 0.5) is 27.6 Å². The number of ether oxygens (including phenoxy) is 1. The van der Waals surface area contributed by atoms with Gasteiger partial charge in [0.2, 0.25) is 5.91 Å². The highest BCUT2D eigenvalue weighted by Crippen LogP contribution is 2.30. The fourth-order valence-corrected chi connectivity index (χ4v) is 2.43. The van der Waals surface area contributed by atoms with E-state index in [2.05, 4.69) is 10.1 Å². The molecule has 0 saturated carbocycles. The molecule has 0 heterocycles. The molecule has 1 amide bonds. The third kappa shape index (κ3) is 5.41. The van der Waals surface area contributed by atoms with Crippen molar-refractivity contribution in [2.45, 2.75) is 11.3 Å². The van der Waals surface area contributed by atoms with Crippen LogP contribution in [0.15, 0.2) is 47.4 Å². The molecule has 0 spiro atoms. The van der Waals surface area contributed by atoms with Crippen molar-refractivity contribution in [3.8, 4) is 5.75 Å². The van der Waals surface area contributed by atoms with Crippen LogP contribution >= 0.6 is 11.8 Å². The monoisotopic (exact) mass is 363 g/mol. The summed E-state index contributed by atoms with van der Waals surface area (Å²) in [4.78, 5) is 11.9. The Morgan fingerprint density at radius 1 is 1.12 bits per heavy atom. The number of para-hydroxylation sites is 2. The maximum Gasteiger partial charge on any atom is 0.573 e. The van der Waals surface area contributed by atoms with E-state index in [1.54, 1.807) is 0 Å². The highest BCUT2D eigenvalue weighted by molar-refractivity contribution is 8.00. The highest BCUT2D eigenvalue weighted by atomic mass is 32.2. The Kier molecular flexibility index (Phi) is 5.66. The zero-order valence-corrected chi connectivity index (χ0v) is 12.7. The number of thioether (sulfide) groups is 1. The minimum atomic E-state index is -4.90. The first-order chi connectivity index (χ1) is 11.2. The second-order valence-corrected chi connectivity index (χ2v) is 5.47. The number of amides is 1. The van der Waals surface area contributed by atoms with E-state index < -0.39 is 29.7 Å². The molecule has 128 valence electrons. The quantitative estimate of drug-likeness (QED) is 0.624. The summed E-state index contributed by atoms with van der Waals surface area (Å²) in [6.07, 6.45) is -4.90. The lowest BCUT2D eigenvalue weighted by Gasteiger charge is -2.13. The van der Waals surface area contributed by atoms with Crippen LogP contribution in [-0.4, -0.2) is 18.0 Å². The molecule has 0 radical (unpaired) electrons. The van der Waals surface area contributed by atoms with Crippen LogP contribution in [0.1, 0.15) is 0 Å². The van der Waals surface area contributed by atoms with Crippen LogP contribution in [0.2, 0.25) is 0 Å². The molecule has 2 aromatic rings. The average molecular weight is 363 g/mol. The molecule has 9 heteroatoms. The zero-order valence-electron chi connectivity index (χ0n) is 11.9. The standard InChI is InChI=1S/C15H10F5NO2S/c16-9-5-6-13(10(17)7-9)24-8-14(22)21-11-3-1-2-4-12(11)23-15(18,19)20/h1-7H,8H2,(H,21,22).